The molecule has 1 aromatic rings. The second-order valence-electron chi connectivity index (χ2n) is 6.00. The van der Waals surface area contributed by atoms with Crippen LogP contribution in [0.3, 0.4) is 0 Å². The van der Waals surface area contributed by atoms with Crippen LogP contribution in [0.1, 0.15) is 44.3 Å². The summed E-state index contributed by atoms with van der Waals surface area (Å²) < 4.78 is 2.40. The van der Waals surface area contributed by atoms with E-state index in [1.54, 1.807) is 0 Å². The topological polar surface area (TPSA) is 33.1 Å². The highest BCUT2D eigenvalue weighted by Crippen LogP contribution is 2.25. The van der Waals surface area contributed by atoms with E-state index in [2.05, 4.69) is 32.9 Å². The van der Waals surface area contributed by atoms with Gasteiger partial charge in [0.2, 0.25) is 0 Å². The lowest BCUT2D eigenvalue weighted by molar-refractivity contribution is 0.180. The molecule has 0 aliphatic carbocycles. The molecule has 0 amide bonds. The van der Waals surface area contributed by atoms with Gasteiger partial charge in [0.25, 0.3) is 0 Å². The van der Waals surface area contributed by atoms with Crippen molar-refractivity contribution in [2.45, 2.75) is 45.2 Å². The third-order valence-electron chi connectivity index (χ3n) is 4.77. The molecule has 0 unspecified atom stereocenters. The van der Waals surface area contributed by atoms with Crippen LogP contribution in [0.5, 0.6) is 0 Å². The fourth-order valence-corrected chi connectivity index (χ4v) is 3.47. The normalized spacial score (nSPS) is 26.1. The minimum absolute atomic E-state index is 0.540. The van der Waals surface area contributed by atoms with Crippen molar-refractivity contribution in [2.75, 3.05) is 26.2 Å². The van der Waals surface area contributed by atoms with Crippen LogP contribution in [-0.2, 0) is 6.54 Å². The van der Waals surface area contributed by atoms with Crippen LogP contribution >= 0.6 is 0 Å². The van der Waals surface area contributed by atoms with Gasteiger partial charge in [0, 0.05) is 18.8 Å². The lowest BCUT2D eigenvalue weighted by Gasteiger charge is -2.31. The van der Waals surface area contributed by atoms with E-state index in [0.717, 1.165) is 19.0 Å². The fraction of sp³-hybridized carbons (Fsp3) is 0.800. The number of nitrogens with one attached hydrogen (secondary N) is 1. The summed E-state index contributed by atoms with van der Waals surface area (Å²) in [7, 11) is 0. The minimum atomic E-state index is 0.540. The monoisotopic (exact) mass is 262 g/mol. The molecule has 3 heterocycles. The highest BCUT2D eigenvalue weighted by molar-refractivity contribution is 5.07. The number of aromatic nitrogens is 2. The molecule has 3 rings (SSSR count). The van der Waals surface area contributed by atoms with Crippen LogP contribution in [0.2, 0.25) is 0 Å². The number of hydrogen-bond acceptors (Lipinski definition) is 3. The zero-order valence-corrected chi connectivity index (χ0v) is 12.0. The van der Waals surface area contributed by atoms with Crippen molar-refractivity contribution < 1.29 is 0 Å². The maximum absolute atomic E-state index is 4.38. The highest BCUT2D eigenvalue weighted by Gasteiger charge is 2.23. The molecule has 0 aromatic carbocycles. The Bertz CT molecular complexity index is 387. The Morgan fingerprint density at radius 2 is 2.16 bits per heavy atom. The molecule has 19 heavy (non-hydrogen) atoms. The molecule has 2 aliphatic heterocycles. The van der Waals surface area contributed by atoms with Crippen molar-refractivity contribution in [3.8, 4) is 0 Å². The van der Waals surface area contributed by atoms with Crippen LogP contribution in [0.15, 0.2) is 12.5 Å². The van der Waals surface area contributed by atoms with Crippen molar-refractivity contribution in [3.05, 3.63) is 18.2 Å². The summed E-state index contributed by atoms with van der Waals surface area (Å²) >= 11 is 0. The molecule has 0 spiro atoms. The Balaban J connectivity index is 1.59. The van der Waals surface area contributed by atoms with E-state index in [1.807, 2.05) is 6.33 Å². The first-order valence-corrected chi connectivity index (χ1v) is 7.82. The quantitative estimate of drug-likeness (QED) is 0.901. The van der Waals surface area contributed by atoms with Gasteiger partial charge in [-0.2, -0.15) is 0 Å². The molecule has 2 saturated heterocycles. The number of rotatable bonds is 4. The molecule has 106 valence electrons. The lowest BCUT2D eigenvalue weighted by Crippen LogP contribution is -2.35. The molecule has 0 bridgehead atoms. The van der Waals surface area contributed by atoms with Gasteiger partial charge in [0.1, 0.15) is 0 Å². The van der Waals surface area contributed by atoms with Crippen LogP contribution < -0.4 is 5.32 Å². The van der Waals surface area contributed by atoms with E-state index in [-0.39, 0.29) is 0 Å². The number of hydrogen-bond donors (Lipinski definition) is 1. The van der Waals surface area contributed by atoms with Gasteiger partial charge in [-0.1, -0.05) is 6.92 Å². The molecule has 4 nitrogen and oxygen atoms in total. The molecule has 1 aromatic heterocycles. The van der Waals surface area contributed by atoms with Crippen molar-refractivity contribution in [1.82, 2.24) is 19.8 Å². The van der Waals surface area contributed by atoms with Crippen LogP contribution in [-0.4, -0.2) is 40.6 Å². The van der Waals surface area contributed by atoms with Crippen molar-refractivity contribution in [1.29, 1.82) is 0 Å². The lowest BCUT2D eigenvalue weighted by atomic mass is 9.96. The van der Waals surface area contributed by atoms with Gasteiger partial charge in [0.15, 0.2) is 0 Å². The zero-order chi connectivity index (χ0) is 13.1. The summed E-state index contributed by atoms with van der Waals surface area (Å²) in [6.07, 6.45) is 9.32. The Morgan fingerprint density at radius 1 is 1.32 bits per heavy atom. The van der Waals surface area contributed by atoms with Crippen molar-refractivity contribution in [2.24, 2.45) is 5.92 Å². The van der Waals surface area contributed by atoms with E-state index in [9.17, 15) is 0 Å². The Hall–Kier alpha value is -0.870. The molecular weight excluding hydrogens is 236 g/mol. The molecular formula is C15H26N4. The Labute approximate surface area is 116 Å². The largest absolute Gasteiger partial charge is 0.333 e. The second-order valence-corrected chi connectivity index (χ2v) is 6.00. The van der Waals surface area contributed by atoms with Crippen LogP contribution in [0.4, 0.5) is 0 Å². The molecule has 0 saturated carbocycles. The van der Waals surface area contributed by atoms with E-state index in [4.69, 9.17) is 0 Å². The van der Waals surface area contributed by atoms with Gasteiger partial charge < -0.3 is 14.8 Å². The average Bonchev–Trinajstić information content (AvgIpc) is 3.10. The second kappa shape index (κ2) is 6.06. The van der Waals surface area contributed by atoms with E-state index in [1.165, 1.54) is 51.0 Å². The summed E-state index contributed by atoms with van der Waals surface area (Å²) in [5.41, 5.74) is 1.40. The third kappa shape index (κ3) is 3.00. The first-order valence-electron chi connectivity index (χ1n) is 7.82. The molecule has 4 heteroatoms. The third-order valence-corrected chi connectivity index (χ3v) is 4.77. The summed E-state index contributed by atoms with van der Waals surface area (Å²) in [6.45, 7) is 8.32. The van der Waals surface area contributed by atoms with E-state index in [0.29, 0.717) is 6.04 Å². The fourth-order valence-electron chi connectivity index (χ4n) is 3.47. The number of likely N-dealkylation sites (tertiary alicyclic amines) is 1. The van der Waals surface area contributed by atoms with Gasteiger partial charge in [-0.25, -0.2) is 4.98 Å². The summed E-state index contributed by atoms with van der Waals surface area (Å²) in [5, 5.41) is 3.58. The summed E-state index contributed by atoms with van der Waals surface area (Å²) in [5.74, 6) is 0.831. The highest BCUT2D eigenvalue weighted by atomic mass is 15.1. The van der Waals surface area contributed by atoms with Gasteiger partial charge in [-0.05, 0) is 57.8 Å². The average molecular weight is 262 g/mol. The number of nitrogens with zero attached hydrogens (tertiary/aromatic N) is 3. The smallest absolute Gasteiger partial charge is 0.0948 e. The molecule has 0 radical (unpaired) electrons. The number of imidazole rings is 1. The standard InChI is InChI=1S/C15H26N4/c1-2-18-8-5-13(6-9-18)11-19-12-16-10-15(19)14-4-3-7-17-14/h10,12-14,17H,2-9,11H2,1H3/t14-/m0/s1. The van der Waals surface area contributed by atoms with E-state index >= 15 is 0 Å². The van der Waals surface area contributed by atoms with Gasteiger partial charge in [0.05, 0.1) is 12.0 Å². The van der Waals surface area contributed by atoms with Crippen LogP contribution in [0, 0.1) is 5.92 Å². The van der Waals surface area contributed by atoms with Gasteiger partial charge in [-0.3, -0.25) is 0 Å². The van der Waals surface area contributed by atoms with Crippen molar-refractivity contribution in [3.63, 3.8) is 0 Å². The molecule has 2 aliphatic rings. The Morgan fingerprint density at radius 3 is 2.84 bits per heavy atom. The summed E-state index contributed by atoms with van der Waals surface area (Å²) in [6, 6.07) is 0.540. The zero-order valence-electron chi connectivity index (χ0n) is 12.0. The number of piperidine rings is 1. The summed E-state index contributed by atoms with van der Waals surface area (Å²) in [4.78, 5) is 6.94. The first-order chi connectivity index (χ1) is 9.36. The Kier molecular flexibility index (Phi) is 4.18. The first kappa shape index (κ1) is 13.1. The van der Waals surface area contributed by atoms with E-state index < -0.39 is 0 Å². The van der Waals surface area contributed by atoms with Gasteiger partial charge in [-0.15, -0.1) is 0 Å². The van der Waals surface area contributed by atoms with Crippen molar-refractivity contribution >= 4 is 0 Å². The van der Waals surface area contributed by atoms with Gasteiger partial charge >= 0.3 is 0 Å². The maximum atomic E-state index is 4.38. The minimum Gasteiger partial charge on any atom is -0.333 e. The predicted molar refractivity (Wildman–Crippen MR) is 77.0 cm³/mol. The predicted octanol–water partition coefficient (Wildman–Crippen LogP) is 2.04. The SMILES string of the molecule is CCN1CCC(Cn2cncc2[C@@H]2CCCN2)CC1. The molecule has 2 fully saturated rings. The maximum Gasteiger partial charge on any atom is 0.0948 e. The van der Waals surface area contributed by atoms with Crippen LogP contribution in [0.25, 0.3) is 0 Å². The molecule has 1 N–H and O–H groups in total. The molecule has 1 atom stereocenters.